The summed E-state index contributed by atoms with van der Waals surface area (Å²) >= 11 is 0. The van der Waals surface area contributed by atoms with Crippen molar-refractivity contribution in [3.8, 4) is 11.1 Å². The molecule has 0 aliphatic heterocycles. The fraction of sp³-hybridized carbons (Fsp3) is 0.125. The van der Waals surface area contributed by atoms with Gasteiger partial charge >= 0.3 is 11.9 Å². The quantitative estimate of drug-likeness (QED) is 0.213. The summed E-state index contributed by atoms with van der Waals surface area (Å²) in [5, 5.41) is 25.3. The monoisotopic (exact) mass is 536 g/mol. The zero-order valence-corrected chi connectivity index (χ0v) is 22.5. The molecule has 0 aliphatic carbocycles. The lowest BCUT2D eigenvalue weighted by Crippen LogP contribution is -2.14. The number of anilines is 2. The Morgan fingerprint density at radius 1 is 0.500 bits per heavy atom. The molecule has 0 atom stereocenters. The zero-order chi connectivity index (χ0) is 29.1. The second kappa shape index (κ2) is 11.2. The summed E-state index contributed by atoms with van der Waals surface area (Å²) in [6.07, 6.45) is 0. The Bertz CT molecular complexity index is 1560. The Balaban J connectivity index is 1.65. The largest absolute Gasteiger partial charge is 0.478 e. The summed E-state index contributed by atoms with van der Waals surface area (Å²) in [5.74, 6) is -3.38. The van der Waals surface area contributed by atoms with Gasteiger partial charge in [0.2, 0.25) is 0 Å². The molecule has 40 heavy (non-hydrogen) atoms. The maximum atomic E-state index is 12.7. The van der Waals surface area contributed by atoms with Crippen LogP contribution in [0.1, 0.15) is 63.7 Å². The van der Waals surface area contributed by atoms with Crippen molar-refractivity contribution in [2.24, 2.45) is 0 Å². The van der Waals surface area contributed by atoms with Gasteiger partial charge in [-0.1, -0.05) is 24.3 Å². The molecular formula is C32H28N2O6. The number of benzene rings is 4. The van der Waals surface area contributed by atoms with Crippen molar-refractivity contribution in [2.75, 3.05) is 10.6 Å². The first kappa shape index (κ1) is 27.8. The lowest BCUT2D eigenvalue weighted by Gasteiger charge is -2.14. The first-order chi connectivity index (χ1) is 18.9. The van der Waals surface area contributed by atoms with Gasteiger partial charge in [-0.15, -0.1) is 0 Å². The van der Waals surface area contributed by atoms with E-state index in [1.54, 1.807) is 24.3 Å². The van der Waals surface area contributed by atoms with Gasteiger partial charge in [0, 0.05) is 22.5 Å². The number of carboxylic acids is 2. The van der Waals surface area contributed by atoms with Crippen molar-refractivity contribution in [3.63, 3.8) is 0 Å². The molecule has 4 aromatic carbocycles. The Kier molecular flexibility index (Phi) is 7.81. The fourth-order valence-corrected chi connectivity index (χ4v) is 4.24. The summed E-state index contributed by atoms with van der Waals surface area (Å²) < 4.78 is 0. The summed E-state index contributed by atoms with van der Waals surface area (Å²) in [5.41, 5.74) is 5.26. The van der Waals surface area contributed by atoms with Gasteiger partial charge in [-0.2, -0.15) is 0 Å². The van der Waals surface area contributed by atoms with Gasteiger partial charge in [0.25, 0.3) is 11.8 Å². The molecule has 0 unspecified atom stereocenters. The minimum Gasteiger partial charge on any atom is -0.478 e. The third kappa shape index (κ3) is 5.91. The van der Waals surface area contributed by atoms with E-state index < -0.39 is 23.8 Å². The van der Waals surface area contributed by atoms with Crippen LogP contribution in [0.5, 0.6) is 0 Å². The smallest absolute Gasteiger partial charge is 0.336 e. The third-order valence-corrected chi connectivity index (χ3v) is 6.84. The number of rotatable bonds is 7. The molecule has 2 amide bonds. The van der Waals surface area contributed by atoms with Crippen molar-refractivity contribution in [1.29, 1.82) is 0 Å². The number of carbonyl (C=O) groups excluding carboxylic acids is 2. The van der Waals surface area contributed by atoms with Crippen molar-refractivity contribution in [3.05, 3.63) is 117 Å². The second-order valence-electron chi connectivity index (χ2n) is 9.64. The standard InChI is InChI=1S/C32H28N2O6/c1-17-5-7-21(13-19(17)3)29(35)33-23-9-11-25(27(15-23)31(37)38)26-12-10-24(16-28(26)32(39)40)34-30(36)22-8-6-18(2)20(4)14-22/h5-16H,1-4H3,(H,33,35)(H,34,36)(H,37,38)(H,39,40). The predicted molar refractivity (Wildman–Crippen MR) is 154 cm³/mol. The fourth-order valence-electron chi connectivity index (χ4n) is 4.24. The zero-order valence-electron chi connectivity index (χ0n) is 22.5. The summed E-state index contributed by atoms with van der Waals surface area (Å²) in [6, 6.07) is 19.0. The Morgan fingerprint density at radius 2 is 0.875 bits per heavy atom. The summed E-state index contributed by atoms with van der Waals surface area (Å²) in [4.78, 5) is 49.8. The van der Waals surface area contributed by atoms with E-state index in [1.807, 2.05) is 39.8 Å². The molecule has 0 saturated heterocycles. The molecular weight excluding hydrogens is 508 g/mol. The Labute approximate surface area is 231 Å². The van der Waals surface area contributed by atoms with Crippen LogP contribution in [-0.2, 0) is 0 Å². The number of aryl methyl sites for hydroxylation is 4. The van der Waals surface area contributed by atoms with Gasteiger partial charge in [-0.25, -0.2) is 9.59 Å². The van der Waals surface area contributed by atoms with E-state index >= 15 is 0 Å². The van der Waals surface area contributed by atoms with Crippen LogP contribution in [0.2, 0.25) is 0 Å². The second-order valence-corrected chi connectivity index (χ2v) is 9.64. The van der Waals surface area contributed by atoms with Crippen LogP contribution in [-0.4, -0.2) is 34.0 Å². The molecule has 0 aromatic heterocycles. The van der Waals surface area contributed by atoms with Crippen LogP contribution in [0.15, 0.2) is 72.8 Å². The first-order valence-corrected chi connectivity index (χ1v) is 12.5. The van der Waals surface area contributed by atoms with E-state index in [4.69, 9.17) is 0 Å². The van der Waals surface area contributed by atoms with Crippen molar-refractivity contribution in [1.82, 2.24) is 0 Å². The van der Waals surface area contributed by atoms with E-state index in [9.17, 15) is 29.4 Å². The highest BCUT2D eigenvalue weighted by Gasteiger charge is 2.20. The van der Waals surface area contributed by atoms with Gasteiger partial charge in [0.05, 0.1) is 11.1 Å². The molecule has 8 nitrogen and oxygen atoms in total. The van der Waals surface area contributed by atoms with Crippen molar-refractivity contribution < 1.29 is 29.4 Å². The topological polar surface area (TPSA) is 133 Å². The predicted octanol–water partition coefficient (Wildman–Crippen LogP) is 6.49. The Morgan fingerprint density at radius 3 is 1.20 bits per heavy atom. The number of hydrogen-bond donors (Lipinski definition) is 4. The molecule has 0 spiro atoms. The van der Waals surface area contributed by atoms with Crippen LogP contribution >= 0.6 is 0 Å². The van der Waals surface area contributed by atoms with Crippen LogP contribution in [0.25, 0.3) is 11.1 Å². The highest BCUT2D eigenvalue weighted by atomic mass is 16.4. The van der Waals surface area contributed by atoms with E-state index in [1.165, 1.54) is 36.4 Å². The average Bonchev–Trinajstić information content (AvgIpc) is 2.91. The van der Waals surface area contributed by atoms with Gasteiger partial charge in [0.15, 0.2) is 0 Å². The highest BCUT2D eigenvalue weighted by Crippen LogP contribution is 2.32. The lowest BCUT2D eigenvalue weighted by atomic mass is 9.94. The molecule has 0 radical (unpaired) electrons. The average molecular weight is 537 g/mol. The SMILES string of the molecule is Cc1ccc(C(=O)Nc2ccc(-c3ccc(NC(=O)c4ccc(C)c(C)c4)cc3C(=O)O)c(C(=O)O)c2)cc1C. The lowest BCUT2D eigenvalue weighted by molar-refractivity contribution is 0.0684. The van der Waals surface area contributed by atoms with E-state index in [-0.39, 0.29) is 33.6 Å². The number of hydrogen-bond acceptors (Lipinski definition) is 4. The third-order valence-electron chi connectivity index (χ3n) is 6.84. The molecule has 0 aliphatic rings. The maximum Gasteiger partial charge on any atom is 0.336 e. The first-order valence-electron chi connectivity index (χ1n) is 12.5. The molecule has 4 N–H and O–H groups in total. The molecule has 0 saturated carbocycles. The van der Waals surface area contributed by atoms with Gasteiger partial charge in [-0.3, -0.25) is 9.59 Å². The molecule has 202 valence electrons. The van der Waals surface area contributed by atoms with Crippen LogP contribution in [0.4, 0.5) is 11.4 Å². The molecule has 0 fully saturated rings. The molecule has 0 bridgehead atoms. The number of carboxylic acid groups (broad SMARTS) is 2. The van der Waals surface area contributed by atoms with Crippen LogP contribution < -0.4 is 10.6 Å². The molecule has 0 heterocycles. The molecule has 8 heteroatoms. The van der Waals surface area contributed by atoms with Gasteiger partial charge < -0.3 is 20.8 Å². The number of amides is 2. The van der Waals surface area contributed by atoms with E-state index in [2.05, 4.69) is 10.6 Å². The summed E-state index contributed by atoms with van der Waals surface area (Å²) in [7, 11) is 0. The minimum absolute atomic E-state index is 0.154. The maximum absolute atomic E-state index is 12.7. The minimum atomic E-state index is -1.29. The normalized spacial score (nSPS) is 10.6. The van der Waals surface area contributed by atoms with Gasteiger partial charge in [0.1, 0.15) is 0 Å². The number of nitrogens with one attached hydrogen (secondary N) is 2. The van der Waals surface area contributed by atoms with E-state index in [0.717, 1.165) is 22.3 Å². The van der Waals surface area contributed by atoms with Crippen LogP contribution in [0, 0.1) is 27.7 Å². The number of carbonyl (C=O) groups is 4. The van der Waals surface area contributed by atoms with Crippen molar-refractivity contribution >= 4 is 35.1 Å². The van der Waals surface area contributed by atoms with Crippen LogP contribution in [0.3, 0.4) is 0 Å². The van der Waals surface area contributed by atoms with Crippen molar-refractivity contribution in [2.45, 2.75) is 27.7 Å². The Hall–Kier alpha value is -5.24. The highest BCUT2D eigenvalue weighted by molar-refractivity contribution is 6.08. The molecule has 4 rings (SSSR count). The van der Waals surface area contributed by atoms with E-state index in [0.29, 0.717) is 11.1 Å². The number of aromatic carboxylic acids is 2. The summed E-state index contributed by atoms with van der Waals surface area (Å²) in [6.45, 7) is 7.66. The van der Waals surface area contributed by atoms with Gasteiger partial charge in [-0.05, 0) is 110 Å². The molecule has 4 aromatic rings.